The SMILES string of the molecule is COc1cc(-c2ccc(O)cc2)c(OC)c(O)c1-c1ccc(OCc2cc(C)cc(C)c2)c(O)c1. The minimum Gasteiger partial charge on any atom is -0.508 e. The number of phenols is 3. The third-order valence-electron chi connectivity index (χ3n) is 5.74. The van der Waals surface area contributed by atoms with Crippen LogP contribution in [0.25, 0.3) is 22.3 Å². The standard InChI is InChI=1S/C29H28O6/c1-17-11-18(2)13-19(12-17)16-35-25-10-7-21(14-24(25)31)27-26(33-3)15-23(29(34-4)28(27)32)20-5-8-22(30)9-6-20/h5-15,30-32H,16H2,1-4H3. The molecule has 0 aliphatic carbocycles. The summed E-state index contributed by atoms with van der Waals surface area (Å²) in [6, 6.07) is 19.4. The van der Waals surface area contributed by atoms with Gasteiger partial charge in [0.1, 0.15) is 18.1 Å². The summed E-state index contributed by atoms with van der Waals surface area (Å²) < 4.78 is 17.0. The Hall–Kier alpha value is -4.32. The van der Waals surface area contributed by atoms with Crippen molar-refractivity contribution in [2.24, 2.45) is 0 Å². The summed E-state index contributed by atoms with van der Waals surface area (Å²) in [6.45, 7) is 4.38. The summed E-state index contributed by atoms with van der Waals surface area (Å²) in [4.78, 5) is 0. The van der Waals surface area contributed by atoms with Gasteiger partial charge in [-0.15, -0.1) is 0 Å². The molecule has 0 heterocycles. The maximum Gasteiger partial charge on any atom is 0.170 e. The van der Waals surface area contributed by atoms with Gasteiger partial charge in [-0.2, -0.15) is 0 Å². The minimum atomic E-state index is -0.127. The number of rotatable bonds is 7. The van der Waals surface area contributed by atoms with Crippen LogP contribution in [0.15, 0.2) is 66.7 Å². The van der Waals surface area contributed by atoms with Crippen molar-refractivity contribution in [3.05, 3.63) is 83.4 Å². The van der Waals surface area contributed by atoms with Crippen molar-refractivity contribution in [3.8, 4) is 56.8 Å². The van der Waals surface area contributed by atoms with E-state index in [4.69, 9.17) is 14.2 Å². The molecule has 0 saturated heterocycles. The molecule has 0 spiro atoms. The highest BCUT2D eigenvalue weighted by atomic mass is 16.5. The molecule has 3 N–H and O–H groups in total. The Morgan fingerprint density at radius 3 is 1.94 bits per heavy atom. The van der Waals surface area contributed by atoms with Gasteiger partial charge in [0, 0.05) is 5.56 Å². The van der Waals surface area contributed by atoms with Gasteiger partial charge in [-0.05, 0) is 60.9 Å². The molecule has 0 unspecified atom stereocenters. The summed E-state index contributed by atoms with van der Waals surface area (Å²) >= 11 is 0. The molecule has 0 radical (unpaired) electrons. The van der Waals surface area contributed by atoms with Crippen LogP contribution in [0.2, 0.25) is 0 Å². The van der Waals surface area contributed by atoms with Gasteiger partial charge in [0.05, 0.1) is 19.8 Å². The monoisotopic (exact) mass is 472 g/mol. The van der Waals surface area contributed by atoms with Crippen molar-refractivity contribution in [2.45, 2.75) is 20.5 Å². The van der Waals surface area contributed by atoms with Crippen molar-refractivity contribution < 1.29 is 29.5 Å². The van der Waals surface area contributed by atoms with E-state index >= 15 is 0 Å². The second-order valence-electron chi connectivity index (χ2n) is 8.40. The lowest BCUT2D eigenvalue weighted by Crippen LogP contribution is -1.98. The predicted octanol–water partition coefficient (Wildman–Crippen LogP) is 6.35. The van der Waals surface area contributed by atoms with Gasteiger partial charge >= 0.3 is 0 Å². The van der Waals surface area contributed by atoms with E-state index in [-0.39, 0.29) is 23.0 Å². The molecule has 0 saturated carbocycles. The molecule has 4 rings (SSSR count). The Kier molecular flexibility index (Phi) is 6.73. The fraction of sp³-hybridized carbons (Fsp3) is 0.172. The number of aryl methyl sites for hydroxylation is 2. The highest BCUT2D eigenvalue weighted by Crippen LogP contribution is 2.50. The number of benzene rings is 4. The Bertz CT molecular complexity index is 1340. The predicted molar refractivity (Wildman–Crippen MR) is 136 cm³/mol. The summed E-state index contributed by atoms with van der Waals surface area (Å²) in [5.74, 6) is 0.929. The minimum absolute atomic E-state index is 0.0603. The molecule has 0 aliphatic rings. The Labute approximate surface area is 204 Å². The van der Waals surface area contributed by atoms with Crippen molar-refractivity contribution in [1.29, 1.82) is 0 Å². The molecule has 4 aromatic carbocycles. The van der Waals surface area contributed by atoms with Crippen molar-refractivity contribution in [3.63, 3.8) is 0 Å². The van der Waals surface area contributed by atoms with E-state index < -0.39 is 0 Å². The Morgan fingerprint density at radius 2 is 1.34 bits per heavy atom. The molecule has 0 atom stereocenters. The van der Waals surface area contributed by atoms with Crippen LogP contribution in [0.1, 0.15) is 16.7 Å². The zero-order valence-electron chi connectivity index (χ0n) is 20.1. The smallest absolute Gasteiger partial charge is 0.170 e. The number of ether oxygens (including phenoxy) is 3. The van der Waals surface area contributed by atoms with Crippen LogP contribution in [0, 0.1) is 13.8 Å². The van der Waals surface area contributed by atoms with Gasteiger partial charge < -0.3 is 29.5 Å². The topological polar surface area (TPSA) is 88.4 Å². The van der Waals surface area contributed by atoms with Gasteiger partial charge in [0.15, 0.2) is 23.0 Å². The number of methoxy groups -OCH3 is 2. The number of hydrogen-bond acceptors (Lipinski definition) is 6. The first-order valence-corrected chi connectivity index (χ1v) is 11.1. The van der Waals surface area contributed by atoms with E-state index in [9.17, 15) is 15.3 Å². The van der Waals surface area contributed by atoms with E-state index in [0.29, 0.717) is 34.8 Å². The zero-order valence-corrected chi connectivity index (χ0v) is 20.1. The summed E-state index contributed by atoms with van der Waals surface area (Å²) in [6.07, 6.45) is 0. The molecule has 4 aromatic rings. The second-order valence-corrected chi connectivity index (χ2v) is 8.40. The molecule has 180 valence electrons. The maximum atomic E-state index is 11.1. The normalized spacial score (nSPS) is 10.7. The first-order valence-electron chi connectivity index (χ1n) is 11.1. The zero-order chi connectivity index (χ0) is 25.1. The van der Waals surface area contributed by atoms with Crippen molar-refractivity contribution in [2.75, 3.05) is 14.2 Å². The third-order valence-corrected chi connectivity index (χ3v) is 5.74. The van der Waals surface area contributed by atoms with E-state index in [1.807, 2.05) is 26.0 Å². The van der Waals surface area contributed by atoms with E-state index in [0.717, 1.165) is 22.3 Å². The van der Waals surface area contributed by atoms with Crippen LogP contribution >= 0.6 is 0 Å². The fourth-order valence-corrected chi connectivity index (χ4v) is 4.24. The van der Waals surface area contributed by atoms with Gasteiger partial charge in [-0.25, -0.2) is 0 Å². The quantitative estimate of drug-likeness (QED) is 0.290. The number of hydrogen-bond donors (Lipinski definition) is 3. The highest BCUT2D eigenvalue weighted by molar-refractivity contribution is 5.88. The van der Waals surface area contributed by atoms with Crippen molar-refractivity contribution >= 4 is 0 Å². The first-order chi connectivity index (χ1) is 16.8. The molecule has 0 fully saturated rings. The highest BCUT2D eigenvalue weighted by Gasteiger charge is 2.22. The Morgan fingerprint density at radius 1 is 0.686 bits per heavy atom. The average Bonchev–Trinajstić information content (AvgIpc) is 2.82. The maximum absolute atomic E-state index is 11.1. The van der Waals surface area contributed by atoms with Crippen LogP contribution in [0.5, 0.6) is 34.5 Å². The van der Waals surface area contributed by atoms with Crippen LogP contribution in [0.3, 0.4) is 0 Å². The lowest BCUT2D eigenvalue weighted by Gasteiger charge is -2.18. The van der Waals surface area contributed by atoms with Crippen molar-refractivity contribution in [1.82, 2.24) is 0 Å². The number of aromatic hydroxyl groups is 3. The van der Waals surface area contributed by atoms with E-state index in [1.165, 1.54) is 20.3 Å². The molecule has 35 heavy (non-hydrogen) atoms. The molecule has 0 aromatic heterocycles. The first kappa shape index (κ1) is 23.8. The average molecular weight is 473 g/mol. The number of phenolic OH excluding ortho intramolecular Hbond substituents is 3. The summed E-state index contributed by atoms with van der Waals surface area (Å²) in [7, 11) is 2.98. The third kappa shape index (κ3) is 4.96. The summed E-state index contributed by atoms with van der Waals surface area (Å²) in [5.41, 5.74) is 5.56. The van der Waals surface area contributed by atoms with Crippen LogP contribution < -0.4 is 14.2 Å². The molecule has 0 aliphatic heterocycles. The molecular weight excluding hydrogens is 444 g/mol. The Balaban J connectivity index is 1.69. The largest absolute Gasteiger partial charge is 0.508 e. The second kappa shape index (κ2) is 9.89. The lowest BCUT2D eigenvalue weighted by molar-refractivity contribution is 0.289. The van der Waals surface area contributed by atoms with E-state index in [1.54, 1.807) is 42.5 Å². The lowest BCUT2D eigenvalue weighted by atomic mass is 9.96. The van der Waals surface area contributed by atoms with Gasteiger partial charge in [0.25, 0.3) is 0 Å². The van der Waals surface area contributed by atoms with Gasteiger partial charge in [-0.3, -0.25) is 0 Å². The molecular formula is C29H28O6. The van der Waals surface area contributed by atoms with E-state index in [2.05, 4.69) is 6.07 Å². The fourth-order valence-electron chi connectivity index (χ4n) is 4.24. The molecule has 0 bridgehead atoms. The van der Waals surface area contributed by atoms with Gasteiger partial charge in [0.2, 0.25) is 0 Å². The van der Waals surface area contributed by atoms with Gasteiger partial charge in [-0.1, -0.05) is 47.5 Å². The van der Waals surface area contributed by atoms with Crippen LogP contribution in [-0.4, -0.2) is 29.5 Å². The van der Waals surface area contributed by atoms with Crippen LogP contribution in [0.4, 0.5) is 0 Å². The molecule has 6 nitrogen and oxygen atoms in total. The molecule has 0 amide bonds. The summed E-state index contributed by atoms with van der Waals surface area (Å²) in [5, 5.41) is 31.4. The molecule has 6 heteroatoms. The van der Waals surface area contributed by atoms with Crippen LogP contribution in [-0.2, 0) is 6.61 Å².